The van der Waals surface area contributed by atoms with Gasteiger partial charge in [-0.25, -0.2) is 8.42 Å². The third-order valence-corrected chi connectivity index (χ3v) is 7.54. The predicted molar refractivity (Wildman–Crippen MR) is 112 cm³/mol. The fourth-order valence-corrected chi connectivity index (χ4v) is 4.94. The molecule has 7 heteroatoms. The molecule has 1 fully saturated rings. The van der Waals surface area contributed by atoms with Crippen molar-refractivity contribution in [3.8, 4) is 0 Å². The number of halogens is 2. The molecule has 1 aliphatic heterocycles. The Labute approximate surface area is 171 Å². The number of anilines is 1. The number of sulfonamides is 1. The number of hydrogen-bond donors (Lipinski definition) is 0. The minimum Gasteiger partial charge on any atom is -0.369 e. The largest absolute Gasteiger partial charge is 0.369 e. The van der Waals surface area contributed by atoms with Crippen LogP contribution in [0, 0.1) is 0 Å². The first kappa shape index (κ1) is 20.5. The molecule has 0 unspecified atom stereocenters. The molecular weight excluding hydrogens is 403 g/mol. The first-order chi connectivity index (χ1) is 12.9. The Hall–Kier alpha value is -1.27. The number of rotatable bonds is 6. The fourth-order valence-electron chi connectivity index (χ4n) is 3.23. The van der Waals surface area contributed by atoms with Gasteiger partial charge in [0, 0.05) is 31.9 Å². The van der Waals surface area contributed by atoms with Crippen LogP contribution in [0.3, 0.4) is 0 Å². The van der Waals surface area contributed by atoms with Crippen molar-refractivity contribution < 1.29 is 8.42 Å². The summed E-state index contributed by atoms with van der Waals surface area (Å²) in [6.45, 7) is 4.27. The average molecular weight is 427 g/mol. The lowest BCUT2D eigenvalue weighted by Gasteiger charge is -2.35. The highest BCUT2D eigenvalue weighted by Crippen LogP contribution is 2.28. The lowest BCUT2D eigenvalue weighted by molar-refractivity contribution is 0.385. The van der Waals surface area contributed by atoms with Gasteiger partial charge in [-0.3, -0.25) is 0 Å². The van der Waals surface area contributed by atoms with Crippen molar-refractivity contribution in [2.45, 2.75) is 31.1 Å². The van der Waals surface area contributed by atoms with E-state index < -0.39 is 10.0 Å². The summed E-state index contributed by atoms with van der Waals surface area (Å²) >= 11 is 12.1. The van der Waals surface area contributed by atoms with Crippen LogP contribution in [0.1, 0.15) is 25.3 Å². The topological polar surface area (TPSA) is 40.6 Å². The Bertz CT molecular complexity index is 877. The van der Waals surface area contributed by atoms with Crippen LogP contribution in [-0.2, 0) is 16.4 Å². The first-order valence-electron chi connectivity index (χ1n) is 9.21. The molecule has 4 nitrogen and oxygen atoms in total. The highest BCUT2D eigenvalue weighted by atomic mass is 35.5. The highest BCUT2D eigenvalue weighted by Gasteiger charge is 2.28. The van der Waals surface area contributed by atoms with Crippen molar-refractivity contribution >= 4 is 38.9 Å². The Morgan fingerprint density at radius 2 is 1.59 bits per heavy atom. The van der Waals surface area contributed by atoms with Gasteiger partial charge < -0.3 is 4.90 Å². The lowest BCUT2D eigenvalue weighted by atomic mass is 10.1. The van der Waals surface area contributed by atoms with Gasteiger partial charge in [0.2, 0.25) is 10.0 Å². The molecule has 0 spiro atoms. The molecule has 0 amide bonds. The molecule has 1 saturated heterocycles. The molecule has 0 aromatic heterocycles. The van der Waals surface area contributed by atoms with E-state index in [0.29, 0.717) is 41.1 Å². The van der Waals surface area contributed by atoms with Gasteiger partial charge in [0.05, 0.1) is 14.9 Å². The third kappa shape index (κ3) is 4.77. The van der Waals surface area contributed by atoms with Crippen LogP contribution in [0.2, 0.25) is 10.0 Å². The molecule has 0 radical (unpaired) electrons. The van der Waals surface area contributed by atoms with Crippen LogP contribution >= 0.6 is 23.2 Å². The molecule has 0 N–H and O–H groups in total. The van der Waals surface area contributed by atoms with Crippen molar-refractivity contribution in [1.29, 1.82) is 0 Å². The first-order valence-corrected chi connectivity index (χ1v) is 11.4. The predicted octanol–water partition coefficient (Wildman–Crippen LogP) is 4.85. The molecule has 0 aliphatic carbocycles. The summed E-state index contributed by atoms with van der Waals surface area (Å²) in [7, 11) is -3.46. The van der Waals surface area contributed by atoms with Crippen molar-refractivity contribution in [1.82, 2.24) is 4.31 Å². The zero-order valence-electron chi connectivity index (χ0n) is 15.4. The minimum atomic E-state index is -3.46. The van der Waals surface area contributed by atoms with Crippen molar-refractivity contribution in [2.75, 3.05) is 31.1 Å². The molecule has 2 aromatic carbocycles. The van der Waals surface area contributed by atoms with Crippen LogP contribution < -0.4 is 4.90 Å². The SMILES string of the molecule is CCCCc1ccc(S(=O)(=O)N2CCN(c3ccc(Cl)c(Cl)c3)CC2)cc1. The summed E-state index contributed by atoms with van der Waals surface area (Å²) in [4.78, 5) is 2.49. The van der Waals surface area contributed by atoms with E-state index >= 15 is 0 Å². The number of aryl methyl sites for hydroxylation is 1. The van der Waals surface area contributed by atoms with E-state index in [1.54, 1.807) is 22.5 Å². The van der Waals surface area contributed by atoms with Crippen LogP contribution in [0.5, 0.6) is 0 Å². The van der Waals surface area contributed by atoms with E-state index in [2.05, 4.69) is 11.8 Å². The second-order valence-corrected chi connectivity index (χ2v) is 9.49. The minimum absolute atomic E-state index is 0.366. The summed E-state index contributed by atoms with van der Waals surface area (Å²) in [5.74, 6) is 0. The van der Waals surface area contributed by atoms with Crippen LogP contribution in [0.25, 0.3) is 0 Å². The average Bonchev–Trinajstić information content (AvgIpc) is 2.69. The van der Waals surface area contributed by atoms with Gasteiger partial charge in [0.15, 0.2) is 0 Å². The number of nitrogens with zero attached hydrogens (tertiary/aromatic N) is 2. The fraction of sp³-hybridized carbons (Fsp3) is 0.400. The summed E-state index contributed by atoms with van der Waals surface area (Å²) in [6.07, 6.45) is 3.23. The second kappa shape index (κ2) is 8.82. The zero-order valence-corrected chi connectivity index (χ0v) is 17.7. The number of hydrogen-bond acceptors (Lipinski definition) is 3. The van der Waals surface area contributed by atoms with Gasteiger partial charge in [0.25, 0.3) is 0 Å². The molecule has 0 bridgehead atoms. The standard InChI is InChI=1S/C20H24Cl2N2O2S/c1-2-3-4-16-5-8-18(9-6-16)27(25,26)24-13-11-23(12-14-24)17-7-10-19(21)20(22)15-17/h5-10,15H,2-4,11-14H2,1H3. The van der Waals surface area contributed by atoms with E-state index in [-0.39, 0.29) is 0 Å². The summed E-state index contributed by atoms with van der Waals surface area (Å²) in [6, 6.07) is 12.8. The summed E-state index contributed by atoms with van der Waals surface area (Å²) < 4.78 is 27.4. The molecule has 146 valence electrons. The Kier molecular flexibility index (Phi) is 6.69. The van der Waals surface area contributed by atoms with Gasteiger partial charge in [-0.05, 0) is 48.7 Å². The molecular formula is C20H24Cl2N2O2S. The molecule has 2 aromatic rings. The van der Waals surface area contributed by atoms with Crippen molar-refractivity contribution in [3.05, 3.63) is 58.1 Å². The lowest BCUT2D eigenvalue weighted by Crippen LogP contribution is -2.48. The number of piperazine rings is 1. The quantitative estimate of drug-likeness (QED) is 0.662. The van der Waals surface area contributed by atoms with E-state index in [4.69, 9.17) is 23.2 Å². The van der Waals surface area contributed by atoms with Crippen LogP contribution in [-0.4, -0.2) is 38.9 Å². The van der Waals surface area contributed by atoms with E-state index in [1.807, 2.05) is 24.3 Å². The third-order valence-electron chi connectivity index (χ3n) is 4.89. The van der Waals surface area contributed by atoms with Gasteiger partial charge in [0.1, 0.15) is 0 Å². The van der Waals surface area contributed by atoms with E-state index in [0.717, 1.165) is 24.9 Å². The van der Waals surface area contributed by atoms with E-state index in [9.17, 15) is 8.42 Å². The smallest absolute Gasteiger partial charge is 0.243 e. The van der Waals surface area contributed by atoms with Gasteiger partial charge in [-0.1, -0.05) is 48.7 Å². The molecule has 1 aliphatic rings. The Balaban J connectivity index is 1.66. The van der Waals surface area contributed by atoms with Crippen LogP contribution in [0.4, 0.5) is 5.69 Å². The van der Waals surface area contributed by atoms with Crippen LogP contribution in [0.15, 0.2) is 47.4 Å². The Morgan fingerprint density at radius 1 is 0.926 bits per heavy atom. The van der Waals surface area contributed by atoms with Gasteiger partial charge in [-0.15, -0.1) is 0 Å². The number of unbranched alkanes of at least 4 members (excludes halogenated alkanes) is 1. The molecule has 3 rings (SSSR count). The Morgan fingerprint density at radius 3 is 2.19 bits per heavy atom. The maximum atomic E-state index is 12.9. The van der Waals surface area contributed by atoms with Crippen molar-refractivity contribution in [2.24, 2.45) is 0 Å². The molecule has 1 heterocycles. The molecule has 0 atom stereocenters. The zero-order chi connectivity index (χ0) is 19.4. The van der Waals surface area contributed by atoms with Crippen molar-refractivity contribution in [3.63, 3.8) is 0 Å². The summed E-state index contributed by atoms with van der Waals surface area (Å²) in [5.41, 5.74) is 2.14. The number of benzene rings is 2. The van der Waals surface area contributed by atoms with E-state index in [1.165, 1.54) is 5.56 Å². The molecule has 0 saturated carbocycles. The summed E-state index contributed by atoms with van der Waals surface area (Å²) in [5, 5.41) is 1.02. The normalized spacial score (nSPS) is 15.9. The maximum Gasteiger partial charge on any atom is 0.243 e. The monoisotopic (exact) mass is 426 g/mol. The second-order valence-electron chi connectivity index (χ2n) is 6.74. The molecule has 27 heavy (non-hydrogen) atoms. The highest BCUT2D eigenvalue weighted by molar-refractivity contribution is 7.89. The van der Waals surface area contributed by atoms with Gasteiger partial charge >= 0.3 is 0 Å². The van der Waals surface area contributed by atoms with Gasteiger partial charge in [-0.2, -0.15) is 4.31 Å². The maximum absolute atomic E-state index is 12.9.